The van der Waals surface area contributed by atoms with Crippen molar-refractivity contribution in [1.82, 2.24) is 19.6 Å². The number of aliphatic hydroxyl groups is 1. The average Bonchev–Trinajstić information content (AvgIpc) is 3.34. The molecule has 4 atom stereocenters. The Morgan fingerprint density at radius 2 is 1.93 bits per heavy atom. The minimum Gasteiger partial charge on any atom is -0.391 e. The van der Waals surface area contributed by atoms with E-state index < -0.39 is 0 Å². The molecule has 2 aliphatic rings. The summed E-state index contributed by atoms with van der Waals surface area (Å²) in [5, 5.41) is 15.0. The van der Waals surface area contributed by atoms with Crippen molar-refractivity contribution < 1.29 is 9.63 Å². The van der Waals surface area contributed by atoms with Crippen LogP contribution in [0.3, 0.4) is 0 Å². The molecule has 142 valence electrons. The molecule has 27 heavy (non-hydrogen) atoms. The number of nitrogens with zero attached hydrogens (tertiary/aromatic N) is 4. The van der Waals surface area contributed by atoms with Gasteiger partial charge in [0.2, 0.25) is 0 Å². The molecule has 0 amide bonds. The summed E-state index contributed by atoms with van der Waals surface area (Å²) in [4.78, 5) is 7.03. The lowest BCUT2D eigenvalue weighted by atomic mass is 9.77. The van der Waals surface area contributed by atoms with Crippen LogP contribution in [-0.4, -0.2) is 43.9 Å². The lowest BCUT2D eigenvalue weighted by Crippen LogP contribution is -2.36. The lowest BCUT2D eigenvalue weighted by molar-refractivity contribution is 0.0374. The predicted octanol–water partition coefficient (Wildman–Crippen LogP) is 3.09. The molecule has 0 unspecified atom stereocenters. The van der Waals surface area contributed by atoms with Gasteiger partial charge in [0.1, 0.15) is 5.76 Å². The van der Waals surface area contributed by atoms with Gasteiger partial charge in [0.25, 0.3) is 0 Å². The highest BCUT2D eigenvalue weighted by Gasteiger charge is 2.42. The van der Waals surface area contributed by atoms with Crippen molar-refractivity contribution in [2.75, 3.05) is 13.1 Å². The molecular formula is C21H26N4O2. The van der Waals surface area contributed by atoms with Gasteiger partial charge in [0.15, 0.2) is 0 Å². The number of aromatic nitrogens is 3. The second kappa shape index (κ2) is 6.46. The number of hydrogen-bond acceptors (Lipinski definition) is 5. The minimum atomic E-state index is -0.317. The van der Waals surface area contributed by atoms with E-state index in [0.717, 1.165) is 55.0 Å². The first-order valence-electron chi connectivity index (χ1n) is 9.84. The summed E-state index contributed by atoms with van der Waals surface area (Å²) in [6.07, 6.45) is 3.45. The maximum Gasteiger partial charge on any atom is 0.138 e. The van der Waals surface area contributed by atoms with E-state index in [1.54, 1.807) is 0 Å². The molecule has 2 aromatic heterocycles. The third kappa shape index (κ3) is 2.87. The van der Waals surface area contributed by atoms with Gasteiger partial charge in [-0.05, 0) is 50.7 Å². The van der Waals surface area contributed by atoms with Gasteiger partial charge in [-0.1, -0.05) is 17.3 Å². The number of aryl methyl sites for hydroxylation is 2. The van der Waals surface area contributed by atoms with Crippen molar-refractivity contribution in [1.29, 1.82) is 0 Å². The summed E-state index contributed by atoms with van der Waals surface area (Å²) in [5.74, 6) is 2.09. The highest BCUT2D eigenvalue weighted by atomic mass is 16.5. The second-order valence-electron chi connectivity index (χ2n) is 8.26. The summed E-state index contributed by atoms with van der Waals surface area (Å²) in [6.45, 7) is 7.01. The van der Waals surface area contributed by atoms with Crippen LogP contribution in [-0.2, 0) is 6.54 Å². The van der Waals surface area contributed by atoms with Crippen molar-refractivity contribution in [3.63, 3.8) is 0 Å². The normalized spacial score (nSPS) is 28.7. The Kier molecular flexibility index (Phi) is 4.06. The highest BCUT2D eigenvalue weighted by Crippen LogP contribution is 2.42. The van der Waals surface area contributed by atoms with Crippen LogP contribution < -0.4 is 0 Å². The first kappa shape index (κ1) is 17.0. The van der Waals surface area contributed by atoms with E-state index in [4.69, 9.17) is 4.52 Å². The summed E-state index contributed by atoms with van der Waals surface area (Å²) in [6, 6.07) is 8.29. The third-order valence-corrected chi connectivity index (χ3v) is 6.59. The van der Waals surface area contributed by atoms with Crippen LogP contribution in [0.5, 0.6) is 0 Å². The van der Waals surface area contributed by atoms with E-state index in [-0.39, 0.29) is 12.1 Å². The van der Waals surface area contributed by atoms with Crippen LogP contribution in [0.2, 0.25) is 0 Å². The molecule has 3 heterocycles. The fraction of sp³-hybridized carbons (Fsp3) is 0.524. The Morgan fingerprint density at radius 1 is 1.15 bits per heavy atom. The van der Waals surface area contributed by atoms with Gasteiger partial charge in [0.05, 0.1) is 35.2 Å². The highest BCUT2D eigenvalue weighted by molar-refractivity contribution is 5.75. The van der Waals surface area contributed by atoms with Crippen LogP contribution >= 0.6 is 0 Å². The van der Waals surface area contributed by atoms with Crippen molar-refractivity contribution in [2.24, 2.45) is 11.8 Å². The Bertz CT molecular complexity index is 943. The number of fused-ring (bicyclic) bond motifs is 2. The van der Waals surface area contributed by atoms with Crippen molar-refractivity contribution in [3.8, 4) is 0 Å². The van der Waals surface area contributed by atoms with Crippen LogP contribution in [0.15, 0.2) is 35.1 Å². The molecule has 2 fully saturated rings. The van der Waals surface area contributed by atoms with Crippen LogP contribution in [0.1, 0.15) is 35.9 Å². The van der Waals surface area contributed by atoms with Crippen LogP contribution in [0.25, 0.3) is 11.0 Å². The van der Waals surface area contributed by atoms with Gasteiger partial charge in [-0.3, -0.25) is 4.90 Å². The second-order valence-corrected chi connectivity index (χ2v) is 8.26. The molecule has 0 bridgehead atoms. The third-order valence-electron chi connectivity index (χ3n) is 6.59. The zero-order valence-corrected chi connectivity index (χ0v) is 15.9. The van der Waals surface area contributed by atoms with Crippen LogP contribution in [0.4, 0.5) is 0 Å². The Morgan fingerprint density at radius 3 is 2.70 bits per heavy atom. The molecule has 0 radical (unpaired) electrons. The summed E-state index contributed by atoms with van der Waals surface area (Å²) >= 11 is 0. The molecule has 6 nitrogen and oxygen atoms in total. The van der Waals surface area contributed by atoms with E-state index in [2.05, 4.69) is 25.7 Å². The average molecular weight is 366 g/mol. The zero-order chi connectivity index (χ0) is 18.5. The molecule has 1 saturated carbocycles. The molecule has 6 heteroatoms. The van der Waals surface area contributed by atoms with Gasteiger partial charge in [-0.2, -0.15) is 0 Å². The fourth-order valence-corrected chi connectivity index (χ4v) is 5.13. The molecule has 5 rings (SSSR count). The molecule has 0 spiro atoms. The van der Waals surface area contributed by atoms with E-state index in [0.29, 0.717) is 11.8 Å². The number of likely N-dealkylation sites (tertiary alicyclic amines) is 1. The number of imidazole rings is 1. The summed E-state index contributed by atoms with van der Waals surface area (Å²) < 4.78 is 7.51. The van der Waals surface area contributed by atoms with Gasteiger partial charge in [-0.15, -0.1) is 0 Å². The Hall–Kier alpha value is -2.18. The lowest BCUT2D eigenvalue weighted by Gasteiger charge is -2.36. The Labute approximate surface area is 158 Å². The summed E-state index contributed by atoms with van der Waals surface area (Å²) in [5.41, 5.74) is 4.32. The predicted molar refractivity (Wildman–Crippen MR) is 102 cm³/mol. The van der Waals surface area contributed by atoms with Gasteiger partial charge < -0.3 is 14.2 Å². The van der Waals surface area contributed by atoms with Gasteiger partial charge >= 0.3 is 0 Å². The zero-order valence-electron chi connectivity index (χ0n) is 15.9. The van der Waals surface area contributed by atoms with E-state index in [1.807, 2.05) is 38.4 Å². The fourth-order valence-electron chi connectivity index (χ4n) is 5.13. The SMILES string of the molecule is Cc1noc(C)c1CN1C[C@H]2C[C@@H](n3cnc4ccccc43)[C@H](O)C[C@H]2C1. The molecule has 3 aromatic rings. The maximum absolute atomic E-state index is 10.9. The Balaban J connectivity index is 1.34. The monoisotopic (exact) mass is 366 g/mol. The van der Waals surface area contributed by atoms with Crippen molar-refractivity contribution >= 4 is 11.0 Å². The molecule has 1 N–H and O–H groups in total. The maximum atomic E-state index is 10.9. The molecule has 1 aliphatic carbocycles. The molecular weight excluding hydrogens is 340 g/mol. The van der Waals surface area contributed by atoms with Crippen molar-refractivity contribution in [3.05, 3.63) is 47.6 Å². The number of aliphatic hydroxyl groups excluding tert-OH is 1. The van der Waals surface area contributed by atoms with Gasteiger partial charge in [-0.25, -0.2) is 4.98 Å². The molecule has 1 saturated heterocycles. The van der Waals surface area contributed by atoms with Gasteiger partial charge in [0, 0.05) is 25.2 Å². The number of para-hydroxylation sites is 2. The standard InChI is InChI=1S/C21H26N4O2/c1-13-17(14(2)27-23-13)11-24-9-15-7-20(21(26)8-16(15)10-24)25-12-22-18-5-3-4-6-19(18)25/h3-6,12,15-16,20-21,26H,7-11H2,1-2H3/t15-,16+,20-,21-/m1/s1. The van der Waals surface area contributed by atoms with Crippen molar-refractivity contribution in [2.45, 2.75) is 45.4 Å². The summed E-state index contributed by atoms with van der Waals surface area (Å²) in [7, 11) is 0. The smallest absolute Gasteiger partial charge is 0.138 e. The van der Waals surface area contributed by atoms with E-state index in [9.17, 15) is 5.11 Å². The number of rotatable bonds is 3. The number of benzene rings is 1. The van der Waals surface area contributed by atoms with Crippen LogP contribution in [0, 0.1) is 25.7 Å². The van der Waals surface area contributed by atoms with E-state index >= 15 is 0 Å². The van der Waals surface area contributed by atoms with E-state index in [1.165, 1.54) is 5.56 Å². The molecule has 1 aliphatic heterocycles. The molecule has 1 aromatic carbocycles. The minimum absolute atomic E-state index is 0.109. The number of hydrogen-bond donors (Lipinski definition) is 1. The largest absolute Gasteiger partial charge is 0.391 e. The first-order chi connectivity index (χ1) is 13.1. The topological polar surface area (TPSA) is 67.3 Å². The first-order valence-corrected chi connectivity index (χ1v) is 9.84. The quantitative estimate of drug-likeness (QED) is 0.772.